The van der Waals surface area contributed by atoms with Crippen LogP contribution in [0, 0.1) is 17.8 Å². The third-order valence-electron chi connectivity index (χ3n) is 9.04. The number of benzene rings is 3. The van der Waals surface area contributed by atoms with Crippen molar-refractivity contribution in [3.8, 4) is 5.75 Å². The van der Waals surface area contributed by atoms with Gasteiger partial charge in [0.1, 0.15) is 5.75 Å². The minimum absolute atomic E-state index is 0.161. The van der Waals surface area contributed by atoms with E-state index in [1.54, 1.807) is 7.11 Å². The number of methoxy groups -OCH3 is 1. The van der Waals surface area contributed by atoms with Crippen LogP contribution in [0.25, 0.3) is 0 Å². The van der Waals surface area contributed by atoms with E-state index in [1.165, 1.54) is 42.4 Å². The molecule has 0 radical (unpaired) electrons. The second kappa shape index (κ2) is 9.20. The zero-order chi connectivity index (χ0) is 23.1. The van der Waals surface area contributed by atoms with E-state index < -0.39 is 0 Å². The van der Waals surface area contributed by atoms with Gasteiger partial charge in [-0.25, -0.2) is 0 Å². The lowest BCUT2D eigenvalue weighted by Gasteiger charge is -2.53. The van der Waals surface area contributed by atoms with Gasteiger partial charge in [-0.05, 0) is 47.8 Å². The fraction of sp³-hybridized carbons (Fsp3) is 0.419. The van der Waals surface area contributed by atoms with Crippen LogP contribution in [-0.4, -0.2) is 30.1 Å². The van der Waals surface area contributed by atoms with Gasteiger partial charge in [-0.1, -0.05) is 91.7 Å². The molecule has 3 aromatic carbocycles. The van der Waals surface area contributed by atoms with Crippen LogP contribution in [0.4, 0.5) is 0 Å². The van der Waals surface area contributed by atoms with Crippen molar-refractivity contribution in [1.29, 1.82) is 0 Å². The first-order valence-corrected chi connectivity index (χ1v) is 13.0. The summed E-state index contributed by atoms with van der Waals surface area (Å²) < 4.78 is 5.79. The number of piperidine rings is 1. The molecule has 6 atom stereocenters. The molecular formula is C31H36N2O. The first kappa shape index (κ1) is 21.9. The highest BCUT2D eigenvalue weighted by atomic mass is 16.5. The van der Waals surface area contributed by atoms with E-state index in [0.717, 1.165) is 24.1 Å². The van der Waals surface area contributed by atoms with Gasteiger partial charge in [0, 0.05) is 36.2 Å². The highest BCUT2D eigenvalue weighted by Crippen LogP contribution is 2.56. The Morgan fingerprint density at radius 1 is 0.882 bits per heavy atom. The highest BCUT2D eigenvalue weighted by Gasteiger charge is 2.58. The summed E-state index contributed by atoms with van der Waals surface area (Å²) >= 11 is 0. The van der Waals surface area contributed by atoms with Gasteiger partial charge in [0.05, 0.1) is 7.11 Å². The van der Waals surface area contributed by atoms with Crippen molar-refractivity contribution < 1.29 is 4.74 Å². The lowest BCUT2D eigenvalue weighted by Crippen LogP contribution is -2.63. The molecular weight excluding hydrogens is 416 g/mol. The topological polar surface area (TPSA) is 38.5 Å². The zero-order valence-corrected chi connectivity index (χ0v) is 20.1. The minimum Gasteiger partial charge on any atom is -0.496 e. The number of ether oxygens (including phenoxy) is 1. The van der Waals surface area contributed by atoms with Gasteiger partial charge in [0.2, 0.25) is 0 Å². The fourth-order valence-electron chi connectivity index (χ4n) is 7.78. The summed E-state index contributed by atoms with van der Waals surface area (Å²) in [4.78, 5) is 2.81. The second-order valence-electron chi connectivity index (χ2n) is 10.6. The molecule has 3 heteroatoms. The minimum atomic E-state index is 0.161. The van der Waals surface area contributed by atoms with Crippen LogP contribution in [0.5, 0.6) is 5.75 Å². The van der Waals surface area contributed by atoms with Gasteiger partial charge in [-0.15, -0.1) is 0 Å². The molecule has 0 aromatic heterocycles. The van der Waals surface area contributed by atoms with Crippen LogP contribution >= 0.6 is 0 Å². The van der Waals surface area contributed by atoms with Crippen molar-refractivity contribution in [3.63, 3.8) is 0 Å². The summed E-state index contributed by atoms with van der Waals surface area (Å²) in [6.07, 6.45) is 5.34. The Kier molecular flexibility index (Phi) is 5.92. The molecule has 3 aromatic rings. The maximum Gasteiger partial charge on any atom is 0.123 e. The molecule has 6 unspecified atom stereocenters. The van der Waals surface area contributed by atoms with Gasteiger partial charge in [0.25, 0.3) is 0 Å². The standard InChI is InChI=1S/C31H36N2O/c1-34-27-18-9-8-15-24(27)20-33-26-19-23-16-10-17-25(26)29(23)30(32)31(33)28(21-11-4-2-5-12-21)22-13-6-3-7-14-22/h2-9,11-15,18,23,25-26,28-31H,10,16-17,19-20,32H2,1H3. The SMILES string of the molecule is COc1ccccc1CN1C2CC3CCCC2C3C(N)C1C(c1ccccc1)c1ccccc1. The van der Waals surface area contributed by atoms with E-state index in [2.05, 4.69) is 89.8 Å². The lowest BCUT2D eigenvalue weighted by atomic mass is 9.66. The van der Waals surface area contributed by atoms with Crippen LogP contribution in [0.1, 0.15) is 48.3 Å². The average molecular weight is 453 g/mol. The van der Waals surface area contributed by atoms with Gasteiger partial charge >= 0.3 is 0 Å². The monoisotopic (exact) mass is 452 g/mol. The maximum atomic E-state index is 7.37. The molecule has 6 rings (SSSR count). The molecule has 0 spiro atoms. The summed E-state index contributed by atoms with van der Waals surface area (Å²) in [5.74, 6) is 3.38. The van der Waals surface area contributed by atoms with Crippen molar-refractivity contribution in [3.05, 3.63) is 102 Å². The van der Waals surface area contributed by atoms with E-state index in [9.17, 15) is 0 Å². The Labute approximate surface area is 203 Å². The number of hydrogen-bond acceptors (Lipinski definition) is 3. The number of likely N-dealkylation sites (tertiary alicyclic amines) is 1. The Morgan fingerprint density at radius 3 is 2.21 bits per heavy atom. The molecule has 34 heavy (non-hydrogen) atoms. The predicted octanol–water partition coefficient (Wildman–Crippen LogP) is 5.84. The van der Waals surface area contributed by atoms with Crippen LogP contribution in [0.2, 0.25) is 0 Å². The number of rotatable bonds is 6. The van der Waals surface area contributed by atoms with Gasteiger partial charge < -0.3 is 10.5 Å². The molecule has 1 saturated heterocycles. The molecule has 1 aliphatic heterocycles. The Bertz CT molecular complexity index is 1060. The van der Waals surface area contributed by atoms with E-state index in [1.807, 2.05) is 0 Å². The van der Waals surface area contributed by atoms with E-state index >= 15 is 0 Å². The summed E-state index contributed by atoms with van der Waals surface area (Å²) in [5, 5.41) is 0. The highest BCUT2D eigenvalue weighted by molar-refractivity contribution is 5.38. The molecule has 176 valence electrons. The third-order valence-corrected chi connectivity index (χ3v) is 9.04. The molecule has 2 aliphatic carbocycles. The summed E-state index contributed by atoms with van der Waals surface area (Å²) in [7, 11) is 1.79. The van der Waals surface area contributed by atoms with Crippen LogP contribution in [-0.2, 0) is 6.54 Å². The Balaban J connectivity index is 1.48. The number of nitrogens with zero attached hydrogens (tertiary/aromatic N) is 1. The van der Waals surface area contributed by atoms with Gasteiger partial charge in [0.15, 0.2) is 0 Å². The predicted molar refractivity (Wildman–Crippen MR) is 138 cm³/mol. The molecule has 1 heterocycles. The Hall–Kier alpha value is -2.62. The first-order chi connectivity index (χ1) is 16.8. The summed E-state index contributed by atoms with van der Waals surface area (Å²) in [6.45, 7) is 0.888. The van der Waals surface area contributed by atoms with Crippen molar-refractivity contribution >= 4 is 0 Å². The maximum absolute atomic E-state index is 7.37. The molecule has 3 nitrogen and oxygen atoms in total. The average Bonchev–Trinajstić information content (AvgIpc) is 3.03. The number of hydrogen-bond donors (Lipinski definition) is 1. The lowest BCUT2D eigenvalue weighted by molar-refractivity contribution is -0.00613. The quantitative estimate of drug-likeness (QED) is 0.510. The van der Waals surface area contributed by atoms with Gasteiger partial charge in [-0.2, -0.15) is 0 Å². The first-order valence-electron chi connectivity index (χ1n) is 13.0. The smallest absolute Gasteiger partial charge is 0.123 e. The second-order valence-corrected chi connectivity index (χ2v) is 10.6. The van der Waals surface area contributed by atoms with E-state index in [0.29, 0.717) is 12.0 Å². The molecule has 2 saturated carbocycles. The van der Waals surface area contributed by atoms with Crippen LogP contribution in [0.3, 0.4) is 0 Å². The Morgan fingerprint density at radius 2 is 1.53 bits per heavy atom. The third kappa shape index (κ3) is 3.66. The molecule has 0 amide bonds. The molecule has 4 bridgehead atoms. The fourth-order valence-corrected chi connectivity index (χ4v) is 7.78. The van der Waals surface area contributed by atoms with Crippen LogP contribution in [0.15, 0.2) is 84.9 Å². The van der Waals surface area contributed by atoms with E-state index in [-0.39, 0.29) is 18.0 Å². The van der Waals surface area contributed by atoms with Crippen molar-refractivity contribution in [1.82, 2.24) is 4.90 Å². The van der Waals surface area contributed by atoms with Crippen molar-refractivity contribution in [2.45, 2.75) is 56.3 Å². The largest absolute Gasteiger partial charge is 0.496 e. The number of para-hydroxylation sites is 1. The molecule has 2 N–H and O–H groups in total. The van der Waals surface area contributed by atoms with Crippen molar-refractivity contribution in [2.75, 3.05) is 7.11 Å². The molecule has 3 fully saturated rings. The van der Waals surface area contributed by atoms with Crippen LogP contribution < -0.4 is 10.5 Å². The van der Waals surface area contributed by atoms with Gasteiger partial charge in [-0.3, -0.25) is 4.90 Å². The molecule has 3 aliphatic rings. The normalized spacial score (nSPS) is 30.4. The summed E-state index contributed by atoms with van der Waals surface area (Å²) in [5.41, 5.74) is 11.4. The summed E-state index contributed by atoms with van der Waals surface area (Å²) in [6, 6.07) is 31.7. The van der Waals surface area contributed by atoms with E-state index in [4.69, 9.17) is 10.5 Å². The zero-order valence-electron chi connectivity index (χ0n) is 20.1. The number of nitrogens with two attached hydrogens (primary N) is 1. The van der Waals surface area contributed by atoms with Crippen molar-refractivity contribution in [2.24, 2.45) is 23.5 Å².